The van der Waals surface area contributed by atoms with Gasteiger partial charge >= 0.3 is 0 Å². The van der Waals surface area contributed by atoms with Crippen molar-refractivity contribution in [3.05, 3.63) is 106 Å². The summed E-state index contributed by atoms with van der Waals surface area (Å²) < 4.78 is 0. The average molecular weight is 449 g/mol. The van der Waals surface area contributed by atoms with Gasteiger partial charge in [0.1, 0.15) is 5.76 Å². The highest BCUT2D eigenvalue weighted by Gasteiger charge is 2.47. The Morgan fingerprint density at radius 3 is 2.38 bits per heavy atom. The number of nitrogens with zero attached hydrogens (tertiary/aromatic N) is 2. The zero-order valence-corrected chi connectivity index (χ0v) is 18.9. The van der Waals surface area contributed by atoms with Crippen LogP contribution in [0.25, 0.3) is 5.76 Å². The van der Waals surface area contributed by atoms with E-state index < -0.39 is 17.7 Å². The summed E-state index contributed by atoms with van der Waals surface area (Å²) in [6.07, 6.45) is 4.21. The molecule has 1 heterocycles. The summed E-state index contributed by atoms with van der Waals surface area (Å²) in [5, 5.41) is 20.6. The number of Topliss-reactive ketones (excluding diaryl/α,β-unsaturated/α-hetero) is 1. The van der Waals surface area contributed by atoms with Crippen molar-refractivity contribution in [1.29, 1.82) is 5.26 Å². The fraction of sp³-hybridized carbons (Fsp3) is 0.207. The summed E-state index contributed by atoms with van der Waals surface area (Å²) in [7, 11) is 0. The van der Waals surface area contributed by atoms with E-state index in [0.29, 0.717) is 16.8 Å². The second-order valence-corrected chi connectivity index (χ2v) is 8.87. The van der Waals surface area contributed by atoms with Gasteiger partial charge in [0.05, 0.1) is 23.2 Å². The standard InChI is InChI=1S/C29H24N2O3/c1-18-6-2-5-9-24(18)26-25(27(32)22-13-12-20-7-3-4-8-21(20)16-22)28(33)29(34)31(26)23-14-10-19(17-30)11-15-23/h2,5-6,9-16,26,32H,3-4,7-8H2,1H3/b27-25+. The molecule has 1 aliphatic carbocycles. The van der Waals surface area contributed by atoms with Crippen LogP contribution in [-0.2, 0) is 22.4 Å². The van der Waals surface area contributed by atoms with Crippen molar-refractivity contribution in [3.8, 4) is 6.07 Å². The van der Waals surface area contributed by atoms with Gasteiger partial charge in [-0.2, -0.15) is 5.26 Å². The number of rotatable bonds is 3. The third-order valence-corrected chi connectivity index (χ3v) is 6.82. The van der Waals surface area contributed by atoms with Crippen molar-refractivity contribution in [1.82, 2.24) is 0 Å². The van der Waals surface area contributed by atoms with Crippen molar-refractivity contribution in [2.24, 2.45) is 0 Å². The van der Waals surface area contributed by atoms with Gasteiger partial charge in [-0.1, -0.05) is 36.4 Å². The fourth-order valence-electron chi connectivity index (χ4n) is 5.02. The average Bonchev–Trinajstić information content (AvgIpc) is 3.13. The lowest BCUT2D eigenvalue weighted by molar-refractivity contribution is -0.132. The maximum atomic E-state index is 13.3. The second-order valence-electron chi connectivity index (χ2n) is 8.87. The summed E-state index contributed by atoms with van der Waals surface area (Å²) >= 11 is 0. The van der Waals surface area contributed by atoms with E-state index in [1.807, 2.05) is 49.4 Å². The molecule has 0 radical (unpaired) electrons. The third kappa shape index (κ3) is 3.58. The van der Waals surface area contributed by atoms with Crippen LogP contribution in [0.3, 0.4) is 0 Å². The SMILES string of the molecule is Cc1ccccc1C1/C(=C(\O)c2ccc3c(c2)CCCC3)C(=O)C(=O)N1c1ccc(C#N)cc1. The number of benzene rings is 3. The molecular formula is C29H24N2O3. The second kappa shape index (κ2) is 8.64. The lowest BCUT2D eigenvalue weighted by Crippen LogP contribution is -2.29. The van der Waals surface area contributed by atoms with E-state index in [-0.39, 0.29) is 11.3 Å². The van der Waals surface area contributed by atoms with Gasteiger partial charge in [-0.3, -0.25) is 14.5 Å². The quantitative estimate of drug-likeness (QED) is 0.332. The maximum Gasteiger partial charge on any atom is 0.300 e. The Balaban J connectivity index is 1.70. The molecular weight excluding hydrogens is 424 g/mol. The lowest BCUT2D eigenvalue weighted by Gasteiger charge is -2.26. The highest BCUT2D eigenvalue weighted by Crippen LogP contribution is 2.43. The number of nitriles is 1. The van der Waals surface area contributed by atoms with Crippen LogP contribution in [0.4, 0.5) is 5.69 Å². The normalized spacial score (nSPS) is 19.1. The molecule has 0 saturated carbocycles. The monoisotopic (exact) mass is 448 g/mol. The zero-order valence-electron chi connectivity index (χ0n) is 18.9. The van der Waals surface area contributed by atoms with E-state index in [4.69, 9.17) is 5.26 Å². The molecule has 1 amide bonds. The van der Waals surface area contributed by atoms with Gasteiger partial charge in [0, 0.05) is 11.3 Å². The minimum Gasteiger partial charge on any atom is -0.507 e. The Morgan fingerprint density at radius 1 is 0.971 bits per heavy atom. The molecule has 1 saturated heterocycles. The van der Waals surface area contributed by atoms with E-state index >= 15 is 0 Å². The van der Waals surface area contributed by atoms with E-state index in [0.717, 1.165) is 36.8 Å². The van der Waals surface area contributed by atoms with Crippen LogP contribution < -0.4 is 4.90 Å². The van der Waals surface area contributed by atoms with Crippen LogP contribution in [0, 0.1) is 18.3 Å². The molecule has 5 rings (SSSR count). The van der Waals surface area contributed by atoms with Crippen molar-refractivity contribution < 1.29 is 14.7 Å². The summed E-state index contributed by atoms with van der Waals surface area (Å²) in [5.41, 5.74) is 5.73. The number of carbonyl (C=O) groups excluding carboxylic acids is 2. The van der Waals surface area contributed by atoms with Crippen molar-refractivity contribution in [3.63, 3.8) is 0 Å². The smallest absolute Gasteiger partial charge is 0.300 e. The molecule has 1 fully saturated rings. The minimum absolute atomic E-state index is 0.0828. The van der Waals surface area contributed by atoms with Crippen LogP contribution >= 0.6 is 0 Å². The van der Waals surface area contributed by atoms with Gasteiger partial charge in [-0.15, -0.1) is 0 Å². The molecule has 1 aliphatic heterocycles. The van der Waals surface area contributed by atoms with Crippen molar-refractivity contribution >= 4 is 23.1 Å². The van der Waals surface area contributed by atoms with Gasteiger partial charge < -0.3 is 5.11 Å². The Morgan fingerprint density at radius 2 is 1.68 bits per heavy atom. The van der Waals surface area contributed by atoms with Gasteiger partial charge in [-0.25, -0.2) is 0 Å². The number of hydrogen-bond acceptors (Lipinski definition) is 4. The van der Waals surface area contributed by atoms with E-state index in [2.05, 4.69) is 6.07 Å². The molecule has 3 aromatic rings. The topological polar surface area (TPSA) is 81.4 Å². The number of amides is 1. The molecule has 3 aromatic carbocycles. The highest BCUT2D eigenvalue weighted by atomic mass is 16.3. The Kier molecular flexibility index (Phi) is 5.51. The summed E-state index contributed by atoms with van der Waals surface area (Å²) in [5.74, 6) is -1.57. The number of carbonyl (C=O) groups is 2. The summed E-state index contributed by atoms with van der Waals surface area (Å²) in [6, 6.07) is 21.2. The predicted octanol–water partition coefficient (Wildman–Crippen LogP) is 5.37. The molecule has 2 aliphatic rings. The minimum atomic E-state index is -0.773. The molecule has 1 N–H and O–H groups in total. The largest absolute Gasteiger partial charge is 0.507 e. The number of aliphatic hydroxyl groups is 1. The number of anilines is 1. The molecule has 1 atom stereocenters. The predicted molar refractivity (Wildman–Crippen MR) is 130 cm³/mol. The van der Waals surface area contributed by atoms with E-state index in [1.54, 1.807) is 24.3 Å². The summed E-state index contributed by atoms with van der Waals surface area (Å²) in [4.78, 5) is 28.1. The van der Waals surface area contributed by atoms with Gasteiger partial charge in [-0.05, 0) is 85.2 Å². The number of ketones is 1. The van der Waals surface area contributed by atoms with Crippen molar-refractivity contribution in [2.75, 3.05) is 4.90 Å². The Labute approximate surface area is 198 Å². The Bertz CT molecular complexity index is 1380. The maximum absolute atomic E-state index is 13.3. The molecule has 5 nitrogen and oxygen atoms in total. The van der Waals surface area contributed by atoms with Crippen molar-refractivity contribution in [2.45, 2.75) is 38.6 Å². The first-order valence-corrected chi connectivity index (χ1v) is 11.5. The van der Waals surface area contributed by atoms with Gasteiger partial charge in [0.2, 0.25) is 0 Å². The number of aryl methyl sites for hydroxylation is 3. The summed E-state index contributed by atoms with van der Waals surface area (Å²) in [6.45, 7) is 1.92. The highest BCUT2D eigenvalue weighted by molar-refractivity contribution is 6.51. The number of aliphatic hydroxyl groups excluding tert-OH is 1. The fourth-order valence-corrected chi connectivity index (χ4v) is 5.02. The first kappa shape index (κ1) is 21.7. The van der Waals surface area contributed by atoms with Crippen LogP contribution in [0.1, 0.15) is 52.3 Å². The number of fused-ring (bicyclic) bond motifs is 1. The first-order valence-electron chi connectivity index (χ1n) is 11.5. The zero-order chi connectivity index (χ0) is 23.8. The van der Waals surface area contributed by atoms with E-state index in [1.165, 1.54) is 16.0 Å². The third-order valence-electron chi connectivity index (χ3n) is 6.82. The first-order chi connectivity index (χ1) is 16.5. The lowest BCUT2D eigenvalue weighted by atomic mass is 9.88. The molecule has 0 aromatic heterocycles. The molecule has 0 bridgehead atoms. The van der Waals surface area contributed by atoms with Crippen LogP contribution in [0.2, 0.25) is 0 Å². The number of hydrogen-bond donors (Lipinski definition) is 1. The molecule has 0 spiro atoms. The molecule has 34 heavy (non-hydrogen) atoms. The van der Waals surface area contributed by atoms with E-state index in [9.17, 15) is 14.7 Å². The molecule has 5 heteroatoms. The van der Waals surface area contributed by atoms with Gasteiger partial charge in [0.15, 0.2) is 0 Å². The Hall–Kier alpha value is -4.17. The van der Waals surface area contributed by atoms with Crippen LogP contribution in [-0.4, -0.2) is 16.8 Å². The van der Waals surface area contributed by atoms with Crippen LogP contribution in [0.15, 0.2) is 72.3 Å². The van der Waals surface area contributed by atoms with Gasteiger partial charge in [0.25, 0.3) is 11.7 Å². The van der Waals surface area contributed by atoms with Crippen LogP contribution in [0.5, 0.6) is 0 Å². The molecule has 1 unspecified atom stereocenters. The molecule has 168 valence electrons.